The Morgan fingerprint density at radius 3 is 1.79 bits per heavy atom. The minimum absolute atomic E-state index is 0. The fourth-order valence-electron chi connectivity index (χ4n) is 2.19. The smallest absolute Gasteiger partial charge is 0.744 e. The van der Waals surface area contributed by atoms with Gasteiger partial charge in [0.2, 0.25) is 10.9 Å². The molecule has 33 heavy (non-hydrogen) atoms. The molecule has 0 aliphatic heterocycles. The van der Waals surface area contributed by atoms with Gasteiger partial charge < -0.3 is 4.55 Å². The molecule has 0 radical (unpaired) electrons. The van der Waals surface area contributed by atoms with Crippen molar-refractivity contribution in [1.82, 2.24) is 0 Å². The molecule has 0 aliphatic carbocycles. The fourth-order valence-corrected chi connectivity index (χ4v) is 2.66. The van der Waals surface area contributed by atoms with Crippen molar-refractivity contribution in [1.29, 1.82) is 0 Å². The van der Waals surface area contributed by atoms with E-state index in [0.29, 0.717) is 11.4 Å². The molecule has 0 atom stereocenters. The summed E-state index contributed by atoms with van der Waals surface area (Å²) >= 11 is 0. The zero-order chi connectivity index (χ0) is 24.1. The van der Waals surface area contributed by atoms with Crippen LogP contribution in [-0.2, 0) is 10.1 Å². The van der Waals surface area contributed by atoms with Gasteiger partial charge in [-0.15, -0.1) is 0 Å². The van der Waals surface area contributed by atoms with Crippen molar-refractivity contribution in [2.75, 3.05) is 10.9 Å². The number of hydrogen-bond acceptors (Lipinski definition) is 9. The first-order valence-electron chi connectivity index (χ1n) is 9.90. The van der Waals surface area contributed by atoms with Crippen LogP contribution in [0.3, 0.4) is 0 Å². The topological polar surface area (TPSA) is 140 Å². The van der Waals surface area contributed by atoms with Crippen molar-refractivity contribution in [3.8, 4) is 0 Å². The van der Waals surface area contributed by atoms with Crippen LogP contribution in [0.4, 0.5) is 11.4 Å². The number of hydrogen-bond donors (Lipinski definition) is 2. The second kappa shape index (κ2) is 15.3. The molecule has 0 heterocycles. The molecule has 3 aromatic rings. The molecule has 11 heteroatoms. The Balaban J connectivity index is 0.00000194. The van der Waals surface area contributed by atoms with Gasteiger partial charge in [0.25, 0.3) is 0 Å². The molecule has 0 bridgehead atoms. The normalized spacial score (nSPS) is 11.2. The summed E-state index contributed by atoms with van der Waals surface area (Å²) in [6, 6.07) is 16.1. The molecule has 0 aromatic heterocycles. The van der Waals surface area contributed by atoms with Crippen LogP contribution in [0.25, 0.3) is 0 Å². The Morgan fingerprint density at radius 1 is 0.727 bits per heavy atom. The molecule has 0 fully saturated rings. The SMILES string of the molecule is CC.CC.O=c1ccc(=NNc2ccc(S(=O)(=O)[O-])cc2)c(=O)c1=NNc1ccccc1.[Na+]. The molecule has 3 aromatic carbocycles. The maximum Gasteiger partial charge on any atom is 1.00 e. The van der Waals surface area contributed by atoms with Crippen LogP contribution < -0.4 is 62.0 Å². The maximum atomic E-state index is 12.4. The minimum Gasteiger partial charge on any atom is -0.744 e. The van der Waals surface area contributed by atoms with Crippen LogP contribution >= 0.6 is 0 Å². The third kappa shape index (κ3) is 9.40. The Bertz CT molecular complexity index is 1320. The molecule has 3 rings (SSSR count). The molecule has 2 N–H and O–H groups in total. The van der Waals surface area contributed by atoms with E-state index in [-0.39, 0.29) is 45.2 Å². The van der Waals surface area contributed by atoms with E-state index in [4.69, 9.17) is 0 Å². The zero-order valence-corrected chi connectivity index (χ0v) is 22.0. The minimum atomic E-state index is -4.55. The van der Waals surface area contributed by atoms with Crippen molar-refractivity contribution in [2.24, 2.45) is 10.2 Å². The number of nitrogens with one attached hydrogen (secondary N) is 2. The molecular formula is C22H25N4NaO5S. The predicted molar refractivity (Wildman–Crippen MR) is 123 cm³/mol. The Kier molecular flexibility index (Phi) is 14.0. The van der Waals surface area contributed by atoms with Crippen LogP contribution in [0.2, 0.25) is 0 Å². The van der Waals surface area contributed by atoms with E-state index in [1.165, 1.54) is 24.3 Å². The molecule has 9 nitrogen and oxygen atoms in total. The van der Waals surface area contributed by atoms with Gasteiger partial charge in [0.05, 0.1) is 16.3 Å². The third-order valence-corrected chi connectivity index (χ3v) is 4.44. The van der Waals surface area contributed by atoms with Crippen molar-refractivity contribution in [2.45, 2.75) is 32.6 Å². The quantitative estimate of drug-likeness (QED) is 0.274. The van der Waals surface area contributed by atoms with Crippen LogP contribution in [-0.4, -0.2) is 13.0 Å². The molecular weight excluding hydrogens is 455 g/mol. The largest absolute Gasteiger partial charge is 1.00 e. The van der Waals surface area contributed by atoms with E-state index < -0.39 is 21.0 Å². The van der Waals surface area contributed by atoms with Crippen LogP contribution in [0.15, 0.2) is 91.4 Å². The number of para-hydroxylation sites is 1. The Hall–Kier alpha value is -2.63. The summed E-state index contributed by atoms with van der Waals surface area (Å²) in [4.78, 5) is 24.0. The first-order chi connectivity index (χ1) is 15.3. The summed E-state index contributed by atoms with van der Waals surface area (Å²) in [5.74, 6) is 0. The van der Waals surface area contributed by atoms with Gasteiger partial charge >= 0.3 is 29.6 Å². The molecule has 0 unspecified atom stereocenters. The molecule has 0 saturated carbocycles. The summed E-state index contributed by atoms with van der Waals surface area (Å²) in [5.41, 5.74) is 4.92. The summed E-state index contributed by atoms with van der Waals surface area (Å²) < 4.78 is 32.7. The van der Waals surface area contributed by atoms with Gasteiger partial charge in [-0.05, 0) is 48.5 Å². The van der Waals surface area contributed by atoms with E-state index in [9.17, 15) is 22.6 Å². The van der Waals surface area contributed by atoms with Gasteiger partial charge in [-0.25, -0.2) is 8.42 Å². The summed E-state index contributed by atoms with van der Waals surface area (Å²) in [7, 11) is -4.55. The van der Waals surface area contributed by atoms with Gasteiger partial charge in [-0.1, -0.05) is 45.9 Å². The predicted octanol–water partition coefficient (Wildman–Crippen LogP) is -0.901. The first-order valence-corrected chi connectivity index (χ1v) is 11.3. The van der Waals surface area contributed by atoms with Crippen LogP contribution in [0.5, 0.6) is 0 Å². The Labute approximate surface area is 214 Å². The van der Waals surface area contributed by atoms with Gasteiger partial charge in [0.1, 0.15) is 15.5 Å². The van der Waals surface area contributed by atoms with E-state index in [2.05, 4.69) is 21.1 Å². The third-order valence-electron chi connectivity index (χ3n) is 3.59. The molecule has 0 spiro atoms. The standard InChI is InChI=1S/C18H14N4O5S.2C2H6.Na/c23-16-11-10-15(18(24)17(16)22-20-12-4-2-1-3-5-12)21-19-13-6-8-14(9-7-13)28(25,26)27;2*1-2;/h1-11,19-20H,(H,25,26,27);2*1-2H3;/q;;;+1/p-1. The van der Waals surface area contributed by atoms with Crippen molar-refractivity contribution in [3.63, 3.8) is 0 Å². The number of anilines is 2. The first kappa shape index (κ1) is 30.4. The van der Waals surface area contributed by atoms with Crippen LogP contribution in [0, 0.1) is 0 Å². The number of rotatable bonds is 5. The average Bonchev–Trinajstić information content (AvgIpc) is 2.81. The summed E-state index contributed by atoms with van der Waals surface area (Å²) in [5, 5.41) is 7.39. The Morgan fingerprint density at radius 2 is 1.24 bits per heavy atom. The van der Waals surface area contributed by atoms with E-state index in [1.807, 2.05) is 33.8 Å². The zero-order valence-electron chi connectivity index (χ0n) is 19.2. The van der Waals surface area contributed by atoms with Gasteiger partial charge in [-0.2, -0.15) is 10.2 Å². The molecule has 0 aliphatic rings. The van der Waals surface area contributed by atoms with Crippen molar-refractivity contribution >= 4 is 21.5 Å². The van der Waals surface area contributed by atoms with Gasteiger partial charge in [0, 0.05) is 0 Å². The van der Waals surface area contributed by atoms with Crippen molar-refractivity contribution in [3.05, 3.63) is 97.9 Å². The van der Waals surface area contributed by atoms with Crippen molar-refractivity contribution < 1.29 is 42.5 Å². The van der Waals surface area contributed by atoms with Gasteiger partial charge in [-0.3, -0.25) is 20.4 Å². The molecule has 170 valence electrons. The maximum absolute atomic E-state index is 12.4. The van der Waals surface area contributed by atoms with E-state index in [0.717, 1.165) is 12.1 Å². The second-order valence-electron chi connectivity index (χ2n) is 5.55. The summed E-state index contributed by atoms with van der Waals surface area (Å²) in [6.45, 7) is 8.00. The second-order valence-corrected chi connectivity index (χ2v) is 6.93. The van der Waals surface area contributed by atoms with Gasteiger partial charge in [0.15, 0.2) is 5.36 Å². The fraction of sp³-hybridized carbons (Fsp3) is 0.182. The van der Waals surface area contributed by atoms with E-state index in [1.54, 1.807) is 24.3 Å². The summed E-state index contributed by atoms with van der Waals surface area (Å²) in [6.07, 6.45) is 0. The number of benzene rings is 3. The molecule has 0 saturated heterocycles. The monoisotopic (exact) mass is 480 g/mol. The van der Waals surface area contributed by atoms with E-state index >= 15 is 0 Å². The molecule has 0 amide bonds. The number of nitrogens with zero attached hydrogens (tertiary/aromatic N) is 2. The average molecular weight is 481 g/mol. The van der Waals surface area contributed by atoms with Crippen LogP contribution in [0.1, 0.15) is 27.7 Å².